The fourth-order valence-corrected chi connectivity index (χ4v) is 4.26. The molecule has 0 aliphatic carbocycles. The summed E-state index contributed by atoms with van der Waals surface area (Å²) in [7, 11) is -3.44. The zero-order chi connectivity index (χ0) is 14.2. The third-order valence-electron chi connectivity index (χ3n) is 3.33. The van der Waals surface area contributed by atoms with E-state index in [9.17, 15) is 8.42 Å². The molecule has 1 aliphatic heterocycles. The molecule has 3 rings (SSSR count). The molecular weight excluding hydrogens is 292 g/mol. The highest BCUT2D eigenvalue weighted by molar-refractivity contribution is 7.89. The molecule has 1 aromatic carbocycles. The van der Waals surface area contributed by atoms with Gasteiger partial charge in [0, 0.05) is 28.5 Å². The number of sulfonamides is 1. The van der Waals surface area contributed by atoms with Crippen molar-refractivity contribution in [1.29, 1.82) is 0 Å². The van der Waals surface area contributed by atoms with Crippen molar-refractivity contribution in [3.8, 4) is 0 Å². The van der Waals surface area contributed by atoms with Crippen molar-refractivity contribution in [2.75, 3.05) is 11.9 Å². The van der Waals surface area contributed by atoms with Crippen LogP contribution in [-0.4, -0.2) is 15.0 Å². The molecular formula is C14H16N2O2S2. The summed E-state index contributed by atoms with van der Waals surface area (Å²) < 4.78 is 27.2. The molecule has 20 heavy (non-hydrogen) atoms. The summed E-state index contributed by atoms with van der Waals surface area (Å²) in [5.41, 5.74) is 2.11. The summed E-state index contributed by atoms with van der Waals surface area (Å²) in [6.45, 7) is 3.23. The van der Waals surface area contributed by atoms with E-state index in [1.165, 1.54) is 4.88 Å². The SMILES string of the molecule is Cc1ccc(CNS(=O)(=O)c2ccc3c(c2)CCN3)s1. The monoisotopic (exact) mass is 308 g/mol. The maximum absolute atomic E-state index is 12.3. The number of anilines is 1. The Hall–Kier alpha value is -1.37. The zero-order valence-electron chi connectivity index (χ0n) is 11.1. The fraction of sp³-hybridized carbons (Fsp3) is 0.286. The van der Waals surface area contributed by atoms with Crippen molar-refractivity contribution in [3.63, 3.8) is 0 Å². The first-order chi connectivity index (χ1) is 9.54. The number of benzene rings is 1. The van der Waals surface area contributed by atoms with Crippen molar-refractivity contribution in [2.24, 2.45) is 0 Å². The van der Waals surface area contributed by atoms with Crippen LogP contribution in [0, 0.1) is 6.92 Å². The van der Waals surface area contributed by atoms with Gasteiger partial charge in [-0.3, -0.25) is 0 Å². The second-order valence-corrected chi connectivity index (χ2v) is 7.97. The maximum Gasteiger partial charge on any atom is 0.240 e. The van der Waals surface area contributed by atoms with Gasteiger partial charge in [0.25, 0.3) is 0 Å². The summed E-state index contributed by atoms with van der Waals surface area (Å²) in [4.78, 5) is 2.55. The van der Waals surface area contributed by atoms with E-state index >= 15 is 0 Å². The summed E-state index contributed by atoms with van der Waals surface area (Å²) in [5, 5.41) is 3.23. The third kappa shape index (κ3) is 2.72. The van der Waals surface area contributed by atoms with Gasteiger partial charge in [0.2, 0.25) is 10.0 Å². The van der Waals surface area contributed by atoms with Gasteiger partial charge in [0.15, 0.2) is 0 Å². The van der Waals surface area contributed by atoms with Gasteiger partial charge in [-0.15, -0.1) is 11.3 Å². The molecule has 0 radical (unpaired) electrons. The molecule has 1 aromatic heterocycles. The van der Waals surface area contributed by atoms with Gasteiger partial charge in [-0.25, -0.2) is 13.1 Å². The fourth-order valence-electron chi connectivity index (χ4n) is 2.28. The van der Waals surface area contributed by atoms with Crippen molar-refractivity contribution < 1.29 is 8.42 Å². The van der Waals surface area contributed by atoms with E-state index in [1.807, 2.05) is 25.1 Å². The van der Waals surface area contributed by atoms with E-state index in [0.29, 0.717) is 11.4 Å². The van der Waals surface area contributed by atoms with Gasteiger partial charge >= 0.3 is 0 Å². The highest BCUT2D eigenvalue weighted by Crippen LogP contribution is 2.25. The first kappa shape index (κ1) is 13.6. The third-order valence-corrected chi connectivity index (χ3v) is 5.73. The number of thiophene rings is 1. The van der Waals surface area contributed by atoms with Crippen LogP contribution in [0.15, 0.2) is 35.2 Å². The van der Waals surface area contributed by atoms with Gasteiger partial charge in [0.05, 0.1) is 4.90 Å². The average molecular weight is 308 g/mol. The van der Waals surface area contributed by atoms with Crippen LogP contribution in [0.5, 0.6) is 0 Å². The minimum atomic E-state index is -3.44. The van der Waals surface area contributed by atoms with Crippen molar-refractivity contribution in [1.82, 2.24) is 4.72 Å². The van der Waals surface area contributed by atoms with E-state index in [1.54, 1.807) is 23.5 Å². The van der Waals surface area contributed by atoms with Crippen LogP contribution >= 0.6 is 11.3 Å². The number of fused-ring (bicyclic) bond motifs is 1. The lowest BCUT2D eigenvalue weighted by Gasteiger charge is -2.07. The van der Waals surface area contributed by atoms with Crippen LogP contribution < -0.4 is 10.0 Å². The number of aryl methyl sites for hydroxylation is 1. The number of hydrogen-bond donors (Lipinski definition) is 2. The average Bonchev–Trinajstić information content (AvgIpc) is 3.04. The Morgan fingerprint density at radius 1 is 1.30 bits per heavy atom. The van der Waals surface area contributed by atoms with Gasteiger partial charge in [0.1, 0.15) is 0 Å². The molecule has 0 spiro atoms. The topological polar surface area (TPSA) is 58.2 Å². The molecule has 2 N–H and O–H groups in total. The highest BCUT2D eigenvalue weighted by Gasteiger charge is 2.18. The lowest BCUT2D eigenvalue weighted by molar-refractivity contribution is 0.581. The minimum Gasteiger partial charge on any atom is -0.384 e. The highest BCUT2D eigenvalue weighted by atomic mass is 32.2. The molecule has 0 amide bonds. The quantitative estimate of drug-likeness (QED) is 0.912. The van der Waals surface area contributed by atoms with Gasteiger partial charge in [-0.05, 0) is 49.2 Å². The first-order valence-electron chi connectivity index (χ1n) is 6.46. The molecule has 0 saturated heterocycles. The van der Waals surface area contributed by atoms with Gasteiger partial charge in [-0.1, -0.05) is 0 Å². The van der Waals surface area contributed by atoms with Gasteiger partial charge in [-0.2, -0.15) is 0 Å². The second-order valence-electron chi connectivity index (χ2n) is 4.83. The molecule has 0 atom stereocenters. The van der Waals surface area contributed by atoms with Crippen LogP contribution in [0.4, 0.5) is 5.69 Å². The first-order valence-corrected chi connectivity index (χ1v) is 8.76. The van der Waals surface area contributed by atoms with Crippen LogP contribution in [0.1, 0.15) is 15.3 Å². The summed E-state index contributed by atoms with van der Waals surface area (Å²) in [5.74, 6) is 0. The van der Waals surface area contributed by atoms with Crippen molar-refractivity contribution in [3.05, 3.63) is 45.6 Å². The van der Waals surface area contributed by atoms with Crippen molar-refractivity contribution >= 4 is 27.0 Å². The Kier molecular flexibility index (Phi) is 3.54. The predicted molar refractivity (Wildman–Crippen MR) is 81.7 cm³/mol. The number of nitrogens with one attached hydrogen (secondary N) is 2. The molecule has 1 aliphatic rings. The standard InChI is InChI=1S/C14H16N2O2S2/c1-10-2-3-12(19-10)9-16-20(17,18)13-4-5-14-11(8-13)6-7-15-14/h2-5,8,15-16H,6-7,9H2,1H3. The number of hydrogen-bond acceptors (Lipinski definition) is 4. The lowest BCUT2D eigenvalue weighted by atomic mass is 10.2. The van der Waals surface area contributed by atoms with Crippen molar-refractivity contribution in [2.45, 2.75) is 24.8 Å². The number of rotatable bonds is 4. The van der Waals surface area contributed by atoms with E-state index in [-0.39, 0.29) is 0 Å². The minimum absolute atomic E-state index is 0.341. The maximum atomic E-state index is 12.3. The molecule has 0 fully saturated rings. The zero-order valence-corrected chi connectivity index (χ0v) is 12.8. The molecule has 0 bridgehead atoms. The lowest BCUT2D eigenvalue weighted by Crippen LogP contribution is -2.22. The Morgan fingerprint density at radius 2 is 2.15 bits per heavy atom. The molecule has 0 saturated carbocycles. The van der Waals surface area contributed by atoms with E-state index < -0.39 is 10.0 Å². The summed E-state index contributed by atoms with van der Waals surface area (Å²) in [6, 6.07) is 9.20. The Labute approximate surface area is 122 Å². The van der Waals surface area contributed by atoms with E-state index in [4.69, 9.17) is 0 Å². The molecule has 0 unspecified atom stereocenters. The Morgan fingerprint density at radius 3 is 2.90 bits per heavy atom. The molecule has 4 nitrogen and oxygen atoms in total. The summed E-state index contributed by atoms with van der Waals surface area (Å²) in [6.07, 6.45) is 0.878. The summed E-state index contributed by atoms with van der Waals surface area (Å²) >= 11 is 1.61. The molecule has 106 valence electrons. The Balaban J connectivity index is 1.78. The Bertz CT molecular complexity index is 735. The molecule has 2 heterocycles. The second kappa shape index (κ2) is 5.20. The molecule has 6 heteroatoms. The van der Waals surface area contributed by atoms with E-state index in [0.717, 1.165) is 29.1 Å². The smallest absolute Gasteiger partial charge is 0.240 e. The molecule has 2 aromatic rings. The largest absolute Gasteiger partial charge is 0.384 e. The van der Waals surface area contributed by atoms with Crippen LogP contribution in [0.2, 0.25) is 0 Å². The van der Waals surface area contributed by atoms with Gasteiger partial charge < -0.3 is 5.32 Å². The van der Waals surface area contributed by atoms with Crippen LogP contribution in [-0.2, 0) is 23.0 Å². The predicted octanol–water partition coefficient (Wildman–Crippen LogP) is 2.50. The van der Waals surface area contributed by atoms with Crippen LogP contribution in [0.25, 0.3) is 0 Å². The van der Waals surface area contributed by atoms with E-state index in [2.05, 4.69) is 10.0 Å². The van der Waals surface area contributed by atoms with Crippen LogP contribution in [0.3, 0.4) is 0 Å². The normalized spacial score (nSPS) is 14.1.